The molecule has 1 fully saturated rings. The molecule has 2 aliphatic rings. The van der Waals surface area contributed by atoms with Gasteiger partial charge >= 0.3 is 0 Å². The molecule has 2 N–H and O–H groups in total. The van der Waals surface area contributed by atoms with Gasteiger partial charge in [-0.2, -0.15) is 0 Å². The molecule has 1 saturated heterocycles. The van der Waals surface area contributed by atoms with E-state index in [1.54, 1.807) is 41.0 Å². The Balaban J connectivity index is 1.49. The van der Waals surface area contributed by atoms with E-state index in [1.807, 2.05) is 6.92 Å². The minimum atomic E-state index is -0.335. The molecule has 10 heteroatoms. The molecular weight excluding hydrogens is 432 g/mol. The number of ether oxygens (including phenoxy) is 2. The van der Waals surface area contributed by atoms with Gasteiger partial charge in [0.05, 0.1) is 29.6 Å². The fourth-order valence-corrected chi connectivity index (χ4v) is 4.63. The van der Waals surface area contributed by atoms with Crippen LogP contribution in [0.25, 0.3) is 0 Å². The van der Waals surface area contributed by atoms with Gasteiger partial charge in [0.25, 0.3) is 11.8 Å². The predicted molar refractivity (Wildman–Crippen MR) is 119 cm³/mol. The van der Waals surface area contributed by atoms with E-state index < -0.39 is 0 Å². The van der Waals surface area contributed by atoms with Gasteiger partial charge in [-0.05, 0) is 38.0 Å². The van der Waals surface area contributed by atoms with Gasteiger partial charge < -0.3 is 25.0 Å². The highest BCUT2D eigenvalue weighted by Crippen LogP contribution is 2.32. The summed E-state index contributed by atoms with van der Waals surface area (Å²) in [5.74, 6) is -0.144. The number of hydrogen-bond acceptors (Lipinski definition) is 7. The summed E-state index contributed by atoms with van der Waals surface area (Å²) in [6.07, 6.45) is 1.18. The van der Waals surface area contributed by atoms with Crippen molar-refractivity contribution < 1.29 is 23.9 Å². The van der Waals surface area contributed by atoms with E-state index in [0.717, 1.165) is 6.42 Å². The van der Waals surface area contributed by atoms with Crippen molar-refractivity contribution in [2.45, 2.75) is 44.4 Å². The standard InChI is InChI=1S/C22H26N4O5S/c1-3-23-20(27)9-14-5-6-17-19(31-14)10-30-18-7-4-13(8-15(18)22(29)26(17)2)25-21(28)16-11-32-12-24-16/h4,7-8,11-12,14,17,19H,3,5-6,9-10H2,1-2H3,(H,23,27)(H,25,28)/t14-,17+,19+/m0/s1. The third-order valence-corrected chi connectivity index (χ3v) is 6.31. The molecule has 2 aromatic rings. The molecule has 0 spiro atoms. The third-order valence-electron chi connectivity index (χ3n) is 5.72. The maximum Gasteiger partial charge on any atom is 0.275 e. The molecule has 4 rings (SSSR count). The second-order valence-electron chi connectivity index (χ2n) is 7.86. The highest BCUT2D eigenvalue weighted by Gasteiger charge is 2.39. The van der Waals surface area contributed by atoms with Gasteiger partial charge in [-0.15, -0.1) is 11.3 Å². The van der Waals surface area contributed by atoms with E-state index in [-0.39, 0.29) is 42.6 Å². The van der Waals surface area contributed by atoms with Crippen LogP contribution in [0.4, 0.5) is 5.69 Å². The zero-order chi connectivity index (χ0) is 22.7. The minimum Gasteiger partial charge on any atom is -0.490 e. The number of carbonyl (C=O) groups excluding carboxylic acids is 3. The van der Waals surface area contributed by atoms with Gasteiger partial charge in [0.1, 0.15) is 24.2 Å². The summed E-state index contributed by atoms with van der Waals surface area (Å²) < 4.78 is 12.1. The van der Waals surface area contributed by atoms with Crippen molar-refractivity contribution in [2.24, 2.45) is 0 Å². The lowest BCUT2D eigenvalue weighted by atomic mass is 9.94. The maximum absolute atomic E-state index is 13.3. The zero-order valence-electron chi connectivity index (χ0n) is 18.0. The Hall–Kier alpha value is -2.98. The average molecular weight is 459 g/mol. The van der Waals surface area contributed by atoms with Crippen molar-refractivity contribution in [1.82, 2.24) is 15.2 Å². The Bertz CT molecular complexity index is 996. The second kappa shape index (κ2) is 9.66. The minimum absolute atomic E-state index is 0.0373. The smallest absolute Gasteiger partial charge is 0.275 e. The van der Waals surface area contributed by atoms with Crippen LogP contribution in [0.1, 0.15) is 47.0 Å². The molecule has 3 amide bonds. The molecule has 0 bridgehead atoms. The second-order valence-corrected chi connectivity index (χ2v) is 8.58. The molecular formula is C22H26N4O5S. The van der Waals surface area contributed by atoms with Crippen LogP contribution in [0, 0.1) is 0 Å². The van der Waals surface area contributed by atoms with E-state index >= 15 is 0 Å². The van der Waals surface area contributed by atoms with Crippen LogP contribution < -0.4 is 15.4 Å². The van der Waals surface area contributed by atoms with Crippen LogP contribution in [-0.4, -0.2) is 66.1 Å². The summed E-state index contributed by atoms with van der Waals surface area (Å²) in [6.45, 7) is 2.73. The van der Waals surface area contributed by atoms with Crippen molar-refractivity contribution >= 4 is 34.7 Å². The Morgan fingerprint density at radius 3 is 2.91 bits per heavy atom. The number of hydrogen-bond donors (Lipinski definition) is 2. The van der Waals surface area contributed by atoms with Gasteiger partial charge in [0.2, 0.25) is 5.91 Å². The number of nitrogens with zero attached hydrogens (tertiary/aromatic N) is 2. The predicted octanol–water partition coefficient (Wildman–Crippen LogP) is 2.30. The Morgan fingerprint density at radius 1 is 1.31 bits per heavy atom. The molecule has 3 heterocycles. The first-order chi connectivity index (χ1) is 15.5. The topological polar surface area (TPSA) is 110 Å². The maximum atomic E-state index is 13.3. The Morgan fingerprint density at radius 2 is 2.16 bits per heavy atom. The number of thiazole rings is 1. The van der Waals surface area contributed by atoms with Crippen molar-refractivity contribution in [2.75, 3.05) is 25.5 Å². The summed E-state index contributed by atoms with van der Waals surface area (Å²) in [7, 11) is 1.75. The number of nitrogens with one attached hydrogen (secondary N) is 2. The number of anilines is 1. The molecule has 0 aliphatic carbocycles. The molecule has 0 unspecified atom stereocenters. The van der Waals surface area contributed by atoms with E-state index in [1.165, 1.54) is 11.3 Å². The quantitative estimate of drug-likeness (QED) is 0.712. The zero-order valence-corrected chi connectivity index (χ0v) is 18.8. The molecule has 170 valence electrons. The molecule has 1 aromatic carbocycles. The Kier molecular flexibility index (Phi) is 6.71. The molecule has 1 aromatic heterocycles. The van der Waals surface area contributed by atoms with E-state index in [0.29, 0.717) is 42.1 Å². The van der Waals surface area contributed by atoms with E-state index in [4.69, 9.17) is 9.47 Å². The molecule has 9 nitrogen and oxygen atoms in total. The highest BCUT2D eigenvalue weighted by molar-refractivity contribution is 7.07. The number of fused-ring (bicyclic) bond motifs is 2. The first kappa shape index (κ1) is 22.2. The fourth-order valence-electron chi connectivity index (χ4n) is 4.10. The van der Waals surface area contributed by atoms with Crippen molar-refractivity contribution in [3.63, 3.8) is 0 Å². The van der Waals surface area contributed by atoms with Crippen LogP contribution in [-0.2, 0) is 9.53 Å². The first-order valence-corrected chi connectivity index (χ1v) is 11.6. The number of amides is 3. The van der Waals surface area contributed by atoms with Gasteiger partial charge in [0, 0.05) is 24.7 Å². The summed E-state index contributed by atoms with van der Waals surface area (Å²) >= 11 is 1.34. The van der Waals surface area contributed by atoms with Crippen LogP contribution in [0.3, 0.4) is 0 Å². The van der Waals surface area contributed by atoms with E-state index in [9.17, 15) is 14.4 Å². The van der Waals surface area contributed by atoms with Crippen LogP contribution in [0.2, 0.25) is 0 Å². The summed E-state index contributed by atoms with van der Waals surface area (Å²) in [4.78, 5) is 43.2. The van der Waals surface area contributed by atoms with Crippen LogP contribution in [0.15, 0.2) is 29.1 Å². The van der Waals surface area contributed by atoms with Gasteiger partial charge in [-0.1, -0.05) is 0 Å². The van der Waals surface area contributed by atoms with Crippen molar-refractivity contribution in [1.29, 1.82) is 0 Å². The number of likely N-dealkylation sites (N-methyl/N-ethyl adjacent to an activating group) is 1. The lowest BCUT2D eigenvalue weighted by Gasteiger charge is -2.42. The van der Waals surface area contributed by atoms with Gasteiger partial charge in [-0.25, -0.2) is 4.98 Å². The summed E-state index contributed by atoms with van der Waals surface area (Å²) in [6, 6.07) is 4.83. The molecule has 0 saturated carbocycles. The largest absolute Gasteiger partial charge is 0.490 e. The lowest BCUT2D eigenvalue weighted by Crippen LogP contribution is -2.54. The Labute approximate surface area is 190 Å². The van der Waals surface area contributed by atoms with Crippen LogP contribution in [0.5, 0.6) is 5.75 Å². The number of benzene rings is 1. The SMILES string of the molecule is CCNC(=O)C[C@@H]1CC[C@@H]2[C@@H](COc3ccc(NC(=O)c4cscn4)cc3C(=O)N2C)O1. The third kappa shape index (κ3) is 4.76. The summed E-state index contributed by atoms with van der Waals surface area (Å²) in [5, 5.41) is 7.23. The van der Waals surface area contributed by atoms with Crippen molar-refractivity contribution in [3.05, 3.63) is 40.3 Å². The number of rotatable bonds is 5. The van der Waals surface area contributed by atoms with Crippen LogP contribution >= 0.6 is 11.3 Å². The molecule has 0 radical (unpaired) electrons. The lowest BCUT2D eigenvalue weighted by molar-refractivity contribution is -0.133. The molecule has 2 aliphatic heterocycles. The van der Waals surface area contributed by atoms with Gasteiger partial charge in [-0.3, -0.25) is 14.4 Å². The number of carbonyl (C=O) groups is 3. The highest BCUT2D eigenvalue weighted by atomic mass is 32.1. The molecule has 32 heavy (non-hydrogen) atoms. The average Bonchev–Trinajstić information content (AvgIpc) is 3.32. The monoisotopic (exact) mass is 458 g/mol. The van der Waals surface area contributed by atoms with Crippen molar-refractivity contribution in [3.8, 4) is 5.75 Å². The van der Waals surface area contributed by atoms with Gasteiger partial charge in [0.15, 0.2) is 0 Å². The first-order valence-electron chi connectivity index (χ1n) is 10.6. The fraction of sp³-hybridized carbons (Fsp3) is 0.455. The molecule has 3 atom stereocenters. The van der Waals surface area contributed by atoms with E-state index in [2.05, 4.69) is 15.6 Å². The summed E-state index contributed by atoms with van der Waals surface area (Å²) in [5.41, 5.74) is 2.79. The number of aromatic nitrogens is 1. The normalized spacial score (nSPS) is 22.6.